The molecule has 4 nitrogen and oxygen atoms in total. The second kappa shape index (κ2) is 54.1. The summed E-state index contributed by atoms with van der Waals surface area (Å²) in [7, 11) is 0. The number of nitrogens with zero attached hydrogens (tertiary/aromatic N) is 2. The highest BCUT2D eigenvalue weighted by atomic mass is 79.9. The van der Waals surface area contributed by atoms with Crippen molar-refractivity contribution in [1.82, 2.24) is 0 Å². The number of halogens is 2. The molecule has 0 radical (unpaired) electrons. The van der Waals surface area contributed by atoms with Crippen molar-refractivity contribution in [1.29, 1.82) is 0 Å². The molecular weight excluding hydrogens is 1390 g/mol. The summed E-state index contributed by atoms with van der Waals surface area (Å²) in [6.45, 7) is 15.3. The van der Waals surface area contributed by atoms with Crippen molar-refractivity contribution in [2.45, 2.75) is 414 Å². The van der Waals surface area contributed by atoms with Gasteiger partial charge in [-0.05, 0) is 142 Å². The zero-order valence-corrected chi connectivity index (χ0v) is 70.3. The molecule has 2 aliphatic rings. The van der Waals surface area contributed by atoms with Gasteiger partial charge in [0.15, 0.2) is 0 Å². The van der Waals surface area contributed by atoms with Gasteiger partial charge in [-0.2, -0.15) is 0 Å². The first-order valence-corrected chi connectivity index (χ1v) is 46.6. The molecule has 0 atom stereocenters. The largest absolute Gasteiger partial charge is 0.307 e. The van der Waals surface area contributed by atoms with Gasteiger partial charge in [0.25, 0.3) is 11.8 Å². The van der Waals surface area contributed by atoms with Gasteiger partial charge in [-0.3, -0.25) is 9.59 Å². The Morgan fingerprint density at radius 2 is 0.530 bits per heavy atom. The maximum Gasteiger partial charge on any atom is 0.259 e. The van der Waals surface area contributed by atoms with Crippen LogP contribution in [0.4, 0.5) is 11.4 Å². The molecule has 0 unspecified atom stereocenters. The number of carbonyl (C=O) groups excluding carboxylic acids is 2. The number of amides is 2. The van der Waals surface area contributed by atoms with Crippen LogP contribution in [0.3, 0.4) is 0 Å². The van der Waals surface area contributed by atoms with E-state index in [1.54, 1.807) is 0 Å². The third-order valence-electron chi connectivity index (χ3n) is 22.7. The van der Waals surface area contributed by atoms with E-state index in [2.05, 4.69) is 132 Å². The van der Waals surface area contributed by atoms with Crippen molar-refractivity contribution in [3.8, 4) is 20.9 Å². The summed E-state index contributed by atoms with van der Waals surface area (Å²) in [5.41, 5.74) is 10.3. The predicted molar refractivity (Wildman–Crippen MR) is 453 cm³/mol. The minimum atomic E-state index is 0.0338. The summed E-state index contributed by atoms with van der Waals surface area (Å²) in [5, 5.41) is 0. The molecular formula is C92H148Br2N2O2S2. The van der Waals surface area contributed by atoms with Crippen LogP contribution in [0.15, 0.2) is 56.1 Å². The summed E-state index contributed by atoms with van der Waals surface area (Å²) in [4.78, 5) is 39.6. The van der Waals surface area contributed by atoms with Gasteiger partial charge in [-0.15, -0.1) is 22.7 Å². The van der Waals surface area contributed by atoms with Gasteiger partial charge in [-0.1, -0.05) is 387 Å². The fourth-order valence-electron chi connectivity index (χ4n) is 16.3. The zero-order chi connectivity index (χ0) is 71.0. The maximum absolute atomic E-state index is 16.3. The standard InChI is InChI=1S/C92H148Br2N2O2S2/c1-7-13-19-25-31-37-39-45-51-57-63-79-71-85(99-89(79)93)77-65-67-81-83(69-77)95(73-75(59-53-47-41-33-27-21-15-9-3)60-54-48-42-34-28-22-16-10-4)91(97)87(81)88-82-68-66-78(86-72-80(90(94)100-86)64-58-52-46-40-38-32-26-20-14-8-2)70-84(82)96(92(88)98)74-76(61-55-49-43-35-29-23-17-11-5)62-56-50-44-36-30-24-18-12-6/h65-72,75-76H,7-64,73-74H2,1-6H3/b88-87-. The molecule has 2 aliphatic heterocycles. The van der Waals surface area contributed by atoms with E-state index in [0.29, 0.717) is 36.1 Å². The lowest BCUT2D eigenvalue weighted by molar-refractivity contribution is -0.114. The molecule has 4 heterocycles. The van der Waals surface area contributed by atoms with Gasteiger partial charge >= 0.3 is 0 Å². The van der Waals surface area contributed by atoms with Crippen LogP contribution in [0.1, 0.15) is 423 Å². The number of benzene rings is 2. The lowest BCUT2D eigenvalue weighted by Crippen LogP contribution is -2.34. The summed E-state index contributed by atoms with van der Waals surface area (Å²) >= 11 is 11.8. The molecule has 2 aromatic carbocycles. The fourth-order valence-corrected chi connectivity index (χ4v) is 19.8. The van der Waals surface area contributed by atoms with Crippen LogP contribution in [0, 0.1) is 11.8 Å². The Balaban J connectivity index is 1.37. The highest BCUT2D eigenvalue weighted by Crippen LogP contribution is 2.51. The number of aryl methyl sites for hydroxylation is 2. The lowest BCUT2D eigenvalue weighted by atomic mass is 9.93. The van der Waals surface area contributed by atoms with Gasteiger partial charge in [0, 0.05) is 34.0 Å². The quantitative estimate of drug-likeness (QED) is 0.0326. The van der Waals surface area contributed by atoms with Crippen LogP contribution >= 0.6 is 54.5 Å². The van der Waals surface area contributed by atoms with E-state index in [1.165, 1.54) is 373 Å². The van der Waals surface area contributed by atoms with Crippen molar-refractivity contribution in [3.63, 3.8) is 0 Å². The molecule has 6 rings (SSSR count). The molecule has 0 aliphatic carbocycles. The topological polar surface area (TPSA) is 40.6 Å². The minimum absolute atomic E-state index is 0.0338. The Kier molecular flexibility index (Phi) is 46.8. The van der Waals surface area contributed by atoms with Gasteiger partial charge in [0.2, 0.25) is 0 Å². The average molecular weight is 1540 g/mol. The second-order valence-corrected chi connectivity index (χ2v) is 36.3. The molecule has 0 N–H and O–H groups in total. The Morgan fingerprint density at radius 3 is 0.780 bits per heavy atom. The number of rotatable bonds is 64. The van der Waals surface area contributed by atoms with Crippen LogP contribution in [0.5, 0.6) is 0 Å². The van der Waals surface area contributed by atoms with E-state index in [0.717, 1.165) is 61.0 Å². The van der Waals surface area contributed by atoms with E-state index in [9.17, 15) is 0 Å². The first-order valence-electron chi connectivity index (χ1n) is 43.4. The predicted octanol–water partition coefficient (Wildman–Crippen LogP) is 32.6. The molecule has 2 aromatic heterocycles. The van der Waals surface area contributed by atoms with E-state index < -0.39 is 0 Å². The monoisotopic (exact) mass is 1530 g/mol. The van der Waals surface area contributed by atoms with Gasteiger partial charge in [-0.25, -0.2) is 0 Å². The van der Waals surface area contributed by atoms with E-state index >= 15 is 9.59 Å². The average Bonchev–Trinajstić information content (AvgIpc) is 1.57. The Bertz CT molecular complexity index is 2600. The molecule has 0 saturated heterocycles. The molecule has 100 heavy (non-hydrogen) atoms. The normalized spacial score (nSPS) is 13.9. The van der Waals surface area contributed by atoms with Gasteiger partial charge in [0.1, 0.15) is 0 Å². The van der Waals surface area contributed by atoms with Crippen LogP contribution in [-0.4, -0.2) is 24.9 Å². The molecule has 0 spiro atoms. The summed E-state index contributed by atoms with van der Waals surface area (Å²) < 4.78 is 2.47. The van der Waals surface area contributed by atoms with E-state index in [1.807, 2.05) is 22.7 Å². The van der Waals surface area contributed by atoms with Crippen LogP contribution in [0.2, 0.25) is 0 Å². The number of hydrogen-bond donors (Lipinski definition) is 0. The smallest absolute Gasteiger partial charge is 0.259 e. The van der Waals surface area contributed by atoms with Crippen molar-refractivity contribution < 1.29 is 9.59 Å². The summed E-state index contributed by atoms with van der Waals surface area (Å²) in [6, 6.07) is 18.7. The summed E-state index contributed by atoms with van der Waals surface area (Å²) in [5.74, 6) is 0.860. The second-order valence-electron chi connectivity index (χ2n) is 31.5. The molecule has 4 aromatic rings. The molecule has 8 heteroatoms. The molecule has 0 bridgehead atoms. The SMILES string of the molecule is CCCCCCCCCCCCc1cc(-c2ccc3c(c2)N(CC(CCCCCCCCCC)CCCCCCCCCC)C(=O)/C3=C2\C(=O)N(CC(CCCCCCCCCC)CCCCCCCCCC)c3cc(-c4cc(CCCCCCCCCCCC)c(Br)s4)ccc32)sc1Br. The highest BCUT2D eigenvalue weighted by Gasteiger charge is 2.43. The Hall–Kier alpha value is -2.52. The lowest BCUT2D eigenvalue weighted by Gasteiger charge is -2.25. The van der Waals surface area contributed by atoms with Gasteiger partial charge in [0.05, 0.1) is 30.1 Å². The Morgan fingerprint density at radius 1 is 0.300 bits per heavy atom. The molecule has 0 saturated carbocycles. The van der Waals surface area contributed by atoms with Crippen molar-refractivity contribution in [2.24, 2.45) is 11.8 Å². The third-order valence-corrected chi connectivity index (χ3v) is 26.7. The number of carbonyl (C=O) groups is 2. The van der Waals surface area contributed by atoms with Crippen molar-refractivity contribution in [2.75, 3.05) is 22.9 Å². The van der Waals surface area contributed by atoms with Crippen LogP contribution < -0.4 is 9.80 Å². The van der Waals surface area contributed by atoms with Crippen molar-refractivity contribution >= 4 is 88.9 Å². The summed E-state index contributed by atoms with van der Waals surface area (Å²) in [6.07, 6.45) is 75.4. The van der Waals surface area contributed by atoms with E-state index in [-0.39, 0.29) is 11.8 Å². The van der Waals surface area contributed by atoms with Gasteiger partial charge < -0.3 is 9.80 Å². The minimum Gasteiger partial charge on any atom is -0.307 e. The number of anilines is 2. The number of hydrogen-bond acceptors (Lipinski definition) is 4. The highest BCUT2D eigenvalue weighted by molar-refractivity contribution is 9.11. The maximum atomic E-state index is 16.3. The van der Waals surface area contributed by atoms with Crippen LogP contribution in [0.25, 0.3) is 32.0 Å². The van der Waals surface area contributed by atoms with Crippen molar-refractivity contribution in [3.05, 3.63) is 78.4 Å². The Labute approximate surface area is 641 Å². The first-order chi connectivity index (χ1) is 49.2. The first kappa shape index (κ1) is 86.4. The number of unbranched alkanes of at least 4 members (excludes halogenated alkanes) is 46. The number of fused-ring (bicyclic) bond motifs is 2. The van der Waals surface area contributed by atoms with E-state index in [4.69, 9.17) is 0 Å². The third kappa shape index (κ3) is 31.9. The van der Waals surface area contributed by atoms with Crippen LogP contribution in [-0.2, 0) is 22.4 Å². The molecule has 2 amide bonds. The zero-order valence-electron chi connectivity index (χ0n) is 65.5. The molecule has 564 valence electrons. The molecule has 0 fully saturated rings. The fraction of sp³-hybridized carbons (Fsp3) is 0.739. The number of thiophene rings is 2.